The van der Waals surface area contributed by atoms with Crippen LogP contribution in [0.25, 0.3) is 98.0 Å². The summed E-state index contributed by atoms with van der Waals surface area (Å²) in [5, 5.41) is 5.46. The van der Waals surface area contributed by atoms with E-state index in [-0.39, 0.29) is 0 Å². The summed E-state index contributed by atoms with van der Waals surface area (Å²) in [5.74, 6) is 0. The van der Waals surface area contributed by atoms with Gasteiger partial charge in [-0.3, -0.25) is 0 Å². The highest BCUT2D eigenvalue weighted by Crippen LogP contribution is 2.43. The Hall–Kier alpha value is -7.73. The van der Waals surface area contributed by atoms with Gasteiger partial charge < -0.3 is 13.7 Å². The van der Waals surface area contributed by atoms with Crippen LogP contribution in [-0.4, -0.2) is 4.98 Å². The monoisotopic (exact) mass is 786 g/mol. The van der Waals surface area contributed by atoms with Crippen LogP contribution in [0.15, 0.2) is 215 Å². The van der Waals surface area contributed by atoms with Gasteiger partial charge in [0.25, 0.3) is 0 Å². The van der Waals surface area contributed by atoms with Crippen molar-refractivity contribution in [3.05, 3.63) is 206 Å². The summed E-state index contributed by atoms with van der Waals surface area (Å²) in [5.41, 5.74) is 15.6. The van der Waals surface area contributed by atoms with E-state index in [2.05, 4.69) is 187 Å². The molecule has 0 saturated carbocycles. The molecule has 4 nitrogen and oxygen atoms in total. The van der Waals surface area contributed by atoms with Gasteiger partial charge in [0.05, 0.1) is 10.2 Å². The van der Waals surface area contributed by atoms with Crippen molar-refractivity contribution in [2.24, 2.45) is 0 Å². The zero-order valence-electron chi connectivity index (χ0n) is 32.2. The van der Waals surface area contributed by atoms with Gasteiger partial charge in [-0.15, -0.1) is 11.3 Å². The maximum Gasteiger partial charge on any atom is 0.143 e. The molecule has 282 valence electrons. The van der Waals surface area contributed by atoms with Crippen LogP contribution in [-0.2, 0) is 0 Å². The van der Waals surface area contributed by atoms with Gasteiger partial charge in [-0.2, -0.15) is 0 Å². The van der Waals surface area contributed by atoms with E-state index in [1.165, 1.54) is 11.1 Å². The average Bonchev–Trinajstić information content (AvgIpc) is 4.04. The van der Waals surface area contributed by atoms with Crippen LogP contribution < -0.4 is 4.90 Å². The van der Waals surface area contributed by atoms with Crippen LogP contribution in [0.1, 0.15) is 0 Å². The van der Waals surface area contributed by atoms with Gasteiger partial charge in [0.15, 0.2) is 0 Å². The van der Waals surface area contributed by atoms with E-state index in [9.17, 15) is 0 Å². The third-order valence-electron chi connectivity index (χ3n) is 11.5. The fraction of sp³-hybridized carbons (Fsp3) is 0. The van der Waals surface area contributed by atoms with Crippen molar-refractivity contribution >= 4 is 82.5 Å². The highest BCUT2D eigenvalue weighted by Gasteiger charge is 2.19. The Kier molecular flexibility index (Phi) is 8.00. The molecular formula is C55H34N2O2S. The summed E-state index contributed by atoms with van der Waals surface area (Å²) < 4.78 is 14.0. The molecule has 0 aliphatic rings. The summed E-state index contributed by atoms with van der Waals surface area (Å²) in [6, 6.07) is 72.7. The van der Waals surface area contributed by atoms with Gasteiger partial charge in [-0.25, -0.2) is 4.98 Å². The predicted molar refractivity (Wildman–Crippen MR) is 251 cm³/mol. The number of rotatable bonds is 7. The van der Waals surface area contributed by atoms with Gasteiger partial charge in [-0.1, -0.05) is 140 Å². The third kappa shape index (κ3) is 5.78. The van der Waals surface area contributed by atoms with Gasteiger partial charge in [0, 0.05) is 49.7 Å². The van der Waals surface area contributed by atoms with Crippen molar-refractivity contribution < 1.29 is 8.83 Å². The summed E-state index contributed by atoms with van der Waals surface area (Å²) in [6.45, 7) is 0. The minimum absolute atomic E-state index is 0.871. The topological polar surface area (TPSA) is 42.4 Å². The minimum atomic E-state index is 0.871. The molecule has 0 radical (unpaired) electrons. The Morgan fingerprint density at radius 1 is 0.383 bits per heavy atom. The van der Waals surface area contributed by atoms with Gasteiger partial charge in [0.2, 0.25) is 0 Å². The molecule has 5 heteroatoms. The Morgan fingerprint density at radius 3 is 1.77 bits per heavy atom. The molecule has 0 spiro atoms. The van der Waals surface area contributed by atoms with Crippen LogP contribution in [0.2, 0.25) is 0 Å². The molecular weight excluding hydrogens is 753 g/mol. The number of thiazole rings is 1. The average molecular weight is 787 g/mol. The normalized spacial score (nSPS) is 11.7. The Labute approximate surface area is 349 Å². The number of furan rings is 2. The highest BCUT2D eigenvalue weighted by molar-refractivity contribution is 7.22. The second kappa shape index (κ2) is 14.0. The van der Waals surface area contributed by atoms with Gasteiger partial charge in [0.1, 0.15) is 27.3 Å². The highest BCUT2D eigenvalue weighted by atomic mass is 32.1. The van der Waals surface area contributed by atoms with E-state index in [0.717, 1.165) is 104 Å². The summed E-state index contributed by atoms with van der Waals surface area (Å²) in [4.78, 5) is 7.34. The first-order valence-electron chi connectivity index (χ1n) is 20.1. The first kappa shape index (κ1) is 34.3. The van der Waals surface area contributed by atoms with Crippen LogP contribution in [0, 0.1) is 0 Å². The number of para-hydroxylation sites is 2. The zero-order valence-corrected chi connectivity index (χ0v) is 33.1. The molecule has 0 saturated heterocycles. The molecule has 12 rings (SSSR count). The molecule has 0 fully saturated rings. The van der Waals surface area contributed by atoms with Gasteiger partial charge in [-0.05, 0) is 94.5 Å². The predicted octanol–water partition coefficient (Wildman–Crippen LogP) is 16.2. The van der Waals surface area contributed by atoms with E-state index in [1.54, 1.807) is 11.3 Å². The molecule has 0 N–H and O–H groups in total. The molecule has 60 heavy (non-hydrogen) atoms. The molecule has 0 aliphatic heterocycles. The van der Waals surface area contributed by atoms with Gasteiger partial charge >= 0.3 is 0 Å². The fourth-order valence-corrected chi connectivity index (χ4v) is 9.72. The number of hydrogen-bond acceptors (Lipinski definition) is 5. The van der Waals surface area contributed by atoms with Crippen LogP contribution in [0.4, 0.5) is 17.1 Å². The number of fused-ring (bicyclic) bond motifs is 8. The lowest BCUT2D eigenvalue weighted by Gasteiger charge is -2.26. The quantitative estimate of drug-likeness (QED) is 0.161. The van der Waals surface area contributed by atoms with Crippen LogP contribution in [0.3, 0.4) is 0 Å². The van der Waals surface area contributed by atoms with Crippen LogP contribution in [0.5, 0.6) is 0 Å². The fourth-order valence-electron chi connectivity index (χ4n) is 8.60. The largest absolute Gasteiger partial charge is 0.456 e. The molecule has 9 aromatic carbocycles. The molecule has 12 aromatic rings. The molecule has 0 bridgehead atoms. The van der Waals surface area contributed by atoms with E-state index in [1.807, 2.05) is 24.3 Å². The van der Waals surface area contributed by atoms with Crippen LogP contribution >= 0.6 is 11.3 Å². The number of nitrogens with zero attached hydrogens (tertiary/aromatic N) is 2. The summed E-state index contributed by atoms with van der Waals surface area (Å²) in [7, 11) is 0. The van der Waals surface area contributed by atoms with Crippen molar-refractivity contribution in [2.75, 3.05) is 4.90 Å². The lowest BCUT2D eigenvalue weighted by atomic mass is 10.0. The standard InChI is InChI=1S/C55H34N2O2S/c1-3-11-35(12-4-1)36-21-26-41(27-22-36)57(43-16-9-15-40(33-43)44-18-10-19-46-45-17-7-8-20-49(45)59-53(44)46)42-28-23-37(24-29-42)39-25-31-50-47(34-39)52-51(58-50)32-30-48-54(52)60-55(56-48)38-13-5-2-6-14-38/h1-34H. The molecule has 0 unspecified atom stereocenters. The van der Waals surface area contributed by atoms with Crippen molar-refractivity contribution in [3.63, 3.8) is 0 Å². The SMILES string of the molecule is c1ccc(-c2ccc(N(c3ccc(-c4ccc5oc6ccc7nc(-c8ccccc8)sc7c6c5c4)cc3)c3cccc(-c4cccc5c4oc4ccccc45)c3)cc2)cc1. The number of benzene rings is 9. The first-order valence-corrected chi connectivity index (χ1v) is 20.9. The summed E-state index contributed by atoms with van der Waals surface area (Å²) in [6.07, 6.45) is 0. The maximum absolute atomic E-state index is 6.48. The Morgan fingerprint density at radius 2 is 0.983 bits per heavy atom. The Bertz CT molecular complexity index is 3530. The van der Waals surface area contributed by atoms with E-state index in [4.69, 9.17) is 13.8 Å². The van der Waals surface area contributed by atoms with E-state index < -0.39 is 0 Å². The van der Waals surface area contributed by atoms with E-state index in [0.29, 0.717) is 0 Å². The van der Waals surface area contributed by atoms with Crippen molar-refractivity contribution in [3.8, 4) is 44.0 Å². The van der Waals surface area contributed by atoms with E-state index >= 15 is 0 Å². The molecule has 0 amide bonds. The number of anilines is 3. The second-order valence-corrected chi connectivity index (χ2v) is 16.1. The van der Waals surface area contributed by atoms with Crippen molar-refractivity contribution in [1.82, 2.24) is 4.98 Å². The molecule has 0 aliphatic carbocycles. The molecule has 0 atom stereocenters. The number of hydrogen-bond donors (Lipinski definition) is 0. The summed E-state index contributed by atoms with van der Waals surface area (Å²) >= 11 is 1.72. The number of aromatic nitrogens is 1. The lowest BCUT2D eigenvalue weighted by Crippen LogP contribution is -2.10. The zero-order chi connectivity index (χ0) is 39.6. The smallest absolute Gasteiger partial charge is 0.143 e. The third-order valence-corrected chi connectivity index (χ3v) is 12.7. The minimum Gasteiger partial charge on any atom is -0.456 e. The second-order valence-electron chi connectivity index (χ2n) is 15.1. The van der Waals surface area contributed by atoms with Crippen molar-refractivity contribution in [1.29, 1.82) is 0 Å². The Balaban J connectivity index is 0.951. The molecule has 3 heterocycles. The lowest BCUT2D eigenvalue weighted by molar-refractivity contribution is 0.669. The first-order chi connectivity index (χ1) is 29.7. The molecule has 3 aromatic heterocycles. The van der Waals surface area contributed by atoms with Crippen molar-refractivity contribution in [2.45, 2.75) is 0 Å². The maximum atomic E-state index is 6.48.